The van der Waals surface area contributed by atoms with Crippen LogP contribution in [-0.2, 0) is 23.5 Å². The second-order valence-electron chi connectivity index (χ2n) is 14.2. The van der Waals surface area contributed by atoms with Gasteiger partial charge >= 0.3 is 19.3 Å². The first-order valence-corrected chi connectivity index (χ1v) is 14.4. The number of fused-ring (bicyclic) bond motifs is 1. The van der Waals surface area contributed by atoms with E-state index in [0.29, 0.717) is 42.0 Å². The Morgan fingerprint density at radius 3 is 2.07 bits per heavy atom. The molecule has 4 rings (SSSR count). The molecule has 2 aromatic heterocycles. The van der Waals surface area contributed by atoms with Gasteiger partial charge in [0.15, 0.2) is 0 Å². The van der Waals surface area contributed by atoms with E-state index in [4.69, 9.17) is 28.5 Å². The van der Waals surface area contributed by atoms with Gasteiger partial charge in [-0.05, 0) is 92.9 Å². The predicted octanol–water partition coefficient (Wildman–Crippen LogP) is 5.55. The molecule has 1 atom stereocenters. The molecule has 0 saturated carbocycles. The Labute approximate surface area is 244 Å². The summed E-state index contributed by atoms with van der Waals surface area (Å²) in [5.41, 5.74) is 0.785. The van der Waals surface area contributed by atoms with E-state index in [9.17, 15) is 9.59 Å². The fourth-order valence-electron chi connectivity index (χ4n) is 4.98. The quantitative estimate of drug-likeness (QED) is 0.442. The van der Waals surface area contributed by atoms with Crippen molar-refractivity contribution in [2.24, 2.45) is 0 Å². The molecule has 226 valence electrons. The molecule has 2 aliphatic heterocycles. The van der Waals surface area contributed by atoms with Crippen LogP contribution < -0.4 is 5.59 Å². The van der Waals surface area contributed by atoms with E-state index in [1.807, 2.05) is 81.4 Å². The Balaban J connectivity index is 1.83. The molecule has 1 amide bonds. The Morgan fingerprint density at radius 2 is 1.54 bits per heavy atom. The monoisotopic (exact) mass is 571 g/mol. The predicted molar refractivity (Wildman–Crippen MR) is 158 cm³/mol. The van der Waals surface area contributed by atoms with E-state index >= 15 is 0 Å². The van der Waals surface area contributed by atoms with Crippen molar-refractivity contribution in [3.8, 4) is 0 Å². The van der Waals surface area contributed by atoms with Gasteiger partial charge in [0.1, 0.15) is 17.3 Å². The van der Waals surface area contributed by atoms with Gasteiger partial charge in [-0.15, -0.1) is 0 Å². The number of hydrogen-bond acceptors (Lipinski definition) is 8. The van der Waals surface area contributed by atoms with Crippen LogP contribution in [0, 0.1) is 0 Å². The van der Waals surface area contributed by atoms with Crippen LogP contribution in [0.1, 0.15) is 106 Å². The first-order valence-electron chi connectivity index (χ1n) is 14.4. The van der Waals surface area contributed by atoms with Gasteiger partial charge in [0, 0.05) is 6.54 Å². The lowest BCUT2D eigenvalue weighted by molar-refractivity contribution is -0.0446. The van der Waals surface area contributed by atoms with E-state index in [0.717, 1.165) is 5.56 Å². The summed E-state index contributed by atoms with van der Waals surface area (Å²) in [6.07, 6.45) is -1.36. The Kier molecular flexibility index (Phi) is 8.08. The molecule has 0 spiro atoms. The van der Waals surface area contributed by atoms with Crippen LogP contribution in [0.2, 0.25) is 0 Å². The van der Waals surface area contributed by atoms with Crippen molar-refractivity contribution >= 4 is 35.9 Å². The first-order chi connectivity index (χ1) is 18.7. The lowest BCUT2D eigenvalue weighted by Crippen LogP contribution is -2.45. The summed E-state index contributed by atoms with van der Waals surface area (Å²) in [7, 11) is -0.809. The molecule has 2 aromatic rings. The number of carbonyl (C=O) groups excluding carboxylic acids is 2. The van der Waals surface area contributed by atoms with Crippen LogP contribution >= 0.6 is 0 Å². The molecule has 0 radical (unpaired) electrons. The van der Waals surface area contributed by atoms with E-state index in [2.05, 4.69) is 13.8 Å². The lowest BCUT2D eigenvalue weighted by Gasteiger charge is -2.34. The zero-order valence-electron chi connectivity index (χ0n) is 26.7. The number of aromatic nitrogens is 2. The van der Waals surface area contributed by atoms with E-state index in [1.165, 1.54) is 0 Å². The van der Waals surface area contributed by atoms with Crippen LogP contribution in [0.15, 0.2) is 12.1 Å². The molecule has 0 N–H and O–H groups in total. The van der Waals surface area contributed by atoms with Crippen LogP contribution in [0.25, 0.3) is 11.0 Å². The molecule has 0 bridgehead atoms. The summed E-state index contributed by atoms with van der Waals surface area (Å²) >= 11 is 0. The number of carbonyl (C=O) groups is 2. The minimum Gasteiger partial charge on any atom is -0.444 e. The Hall–Kier alpha value is -2.63. The summed E-state index contributed by atoms with van der Waals surface area (Å²) in [6.45, 7) is 24.2. The Morgan fingerprint density at radius 1 is 0.976 bits per heavy atom. The fraction of sp³-hybridized carbons (Fsp3) is 0.700. The van der Waals surface area contributed by atoms with Crippen molar-refractivity contribution in [2.75, 3.05) is 19.7 Å². The van der Waals surface area contributed by atoms with Crippen molar-refractivity contribution in [2.45, 2.75) is 118 Å². The number of ether oxygens (including phenoxy) is 3. The van der Waals surface area contributed by atoms with Gasteiger partial charge in [0.05, 0.1) is 46.7 Å². The summed E-state index contributed by atoms with van der Waals surface area (Å²) in [4.78, 5) is 33.2. The van der Waals surface area contributed by atoms with Gasteiger partial charge in [0.25, 0.3) is 0 Å². The average Bonchev–Trinajstić information content (AvgIpc) is 3.26. The minimum atomic E-state index is -0.809. The van der Waals surface area contributed by atoms with Gasteiger partial charge in [-0.2, -0.15) is 0 Å². The number of rotatable bonds is 3. The van der Waals surface area contributed by atoms with Gasteiger partial charge in [0.2, 0.25) is 0 Å². The molecule has 11 heteroatoms. The molecular formula is C30H46BN3O7. The second-order valence-corrected chi connectivity index (χ2v) is 14.2. The minimum absolute atomic E-state index is 0.0245. The van der Waals surface area contributed by atoms with Gasteiger partial charge < -0.3 is 28.4 Å². The molecule has 0 aliphatic carbocycles. The lowest BCUT2D eigenvalue weighted by atomic mass is 9.78. The smallest absolute Gasteiger partial charge is 0.444 e. The van der Waals surface area contributed by atoms with Crippen LogP contribution in [0.3, 0.4) is 0 Å². The highest BCUT2D eigenvalue weighted by Gasteiger charge is 2.54. The molecule has 41 heavy (non-hydrogen) atoms. The third-order valence-corrected chi connectivity index (χ3v) is 7.59. The zero-order chi connectivity index (χ0) is 30.7. The number of amides is 1. The molecule has 2 saturated heterocycles. The van der Waals surface area contributed by atoms with Crippen molar-refractivity contribution in [3.63, 3.8) is 0 Å². The summed E-state index contributed by atoms with van der Waals surface area (Å²) < 4.78 is 32.0. The number of morpholine rings is 1. The van der Waals surface area contributed by atoms with E-state index in [-0.39, 0.29) is 12.0 Å². The second kappa shape index (κ2) is 10.6. The third-order valence-electron chi connectivity index (χ3n) is 7.59. The van der Waals surface area contributed by atoms with E-state index < -0.39 is 41.7 Å². The maximum absolute atomic E-state index is 13.7. The standard InChI is InChI=1S/C30H46BN3O7/c1-18(2)22-23-20(14-13-19(32-23)21-17-33(15-16-37-21)25(35)38-27(3,4)5)34(26(36)39-28(6,7)8)24(22)31-40-29(9,10)30(11,12)41-31/h13-14,18,21H,15-17H2,1-12H3. The van der Waals surface area contributed by atoms with Crippen LogP contribution in [-0.4, -0.2) is 75.9 Å². The molecule has 1 unspecified atom stereocenters. The zero-order valence-corrected chi connectivity index (χ0v) is 26.7. The topological polar surface area (TPSA) is 101 Å². The van der Waals surface area contributed by atoms with E-state index in [1.54, 1.807) is 9.47 Å². The average molecular weight is 572 g/mol. The van der Waals surface area contributed by atoms with Gasteiger partial charge in [-0.3, -0.25) is 4.57 Å². The highest BCUT2D eigenvalue weighted by Crippen LogP contribution is 2.39. The number of hydrogen-bond donors (Lipinski definition) is 0. The SMILES string of the molecule is CC(C)c1c(B2OC(C)(C)C(C)(C)O2)n(C(=O)OC(C)(C)C)c2ccc(C3CN(C(=O)OC(C)(C)C)CCO3)nc12. The van der Waals surface area contributed by atoms with Crippen molar-refractivity contribution in [1.29, 1.82) is 0 Å². The number of nitrogens with zero attached hydrogens (tertiary/aromatic N) is 3. The molecule has 2 aliphatic rings. The molecule has 2 fully saturated rings. The molecule has 4 heterocycles. The molecule has 10 nitrogen and oxygen atoms in total. The summed E-state index contributed by atoms with van der Waals surface area (Å²) in [5, 5.41) is 0. The highest BCUT2D eigenvalue weighted by atomic mass is 16.7. The third kappa shape index (κ3) is 6.42. The molecule has 0 aromatic carbocycles. The van der Waals surface area contributed by atoms with Crippen molar-refractivity contribution in [3.05, 3.63) is 23.4 Å². The van der Waals surface area contributed by atoms with Crippen molar-refractivity contribution < 1.29 is 33.1 Å². The summed E-state index contributed by atoms with van der Waals surface area (Å²) in [6, 6.07) is 3.70. The maximum atomic E-state index is 13.7. The van der Waals surface area contributed by atoms with Crippen LogP contribution in [0.4, 0.5) is 9.59 Å². The molecular weight excluding hydrogens is 525 g/mol. The maximum Gasteiger partial charge on any atom is 0.513 e. The van der Waals surface area contributed by atoms with Crippen LogP contribution in [0.5, 0.6) is 0 Å². The number of pyridine rings is 1. The largest absolute Gasteiger partial charge is 0.513 e. The highest BCUT2D eigenvalue weighted by molar-refractivity contribution is 6.63. The van der Waals surface area contributed by atoms with Gasteiger partial charge in [-0.1, -0.05) is 13.8 Å². The fourth-order valence-corrected chi connectivity index (χ4v) is 4.98. The Bertz CT molecular complexity index is 1300. The van der Waals surface area contributed by atoms with Crippen molar-refractivity contribution in [1.82, 2.24) is 14.5 Å². The van der Waals surface area contributed by atoms with Gasteiger partial charge in [-0.25, -0.2) is 14.6 Å². The first kappa shape index (κ1) is 31.3. The normalized spacial score (nSPS) is 21.0. The summed E-state index contributed by atoms with van der Waals surface area (Å²) in [5.74, 6) is -0.0245.